The van der Waals surface area contributed by atoms with Gasteiger partial charge in [-0.15, -0.1) is 0 Å². The number of amides is 2. The Kier molecular flexibility index (Phi) is 8.24. The van der Waals surface area contributed by atoms with Crippen molar-refractivity contribution in [3.05, 3.63) is 143 Å². The van der Waals surface area contributed by atoms with E-state index >= 15 is 0 Å². The molecule has 4 nitrogen and oxygen atoms in total. The molecule has 4 rings (SSSR count). The lowest BCUT2D eigenvalue weighted by Gasteiger charge is -2.32. The zero-order valence-corrected chi connectivity index (χ0v) is 20.2. The minimum absolute atomic E-state index is 0.149. The molecule has 36 heavy (non-hydrogen) atoms. The molecule has 1 N–H and O–H groups in total. The Labute approximate surface area is 211 Å². The summed E-state index contributed by atoms with van der Waals surface area (Å²) in [4.78, 5) is 28.9. The lowest BCUT2D eigenvalue weighted by atomic mass is 10.0. The van der Waals surface area contributed by atoms with E-state index in [2.05, 4.69) is 5.32 Å². The number of benzene rings is 4. The Morgan fingerprint density at radius 3 is 1.97 bits per heavy atom. The summed E-state index contributed by atoms with van der Waals surface area (Å²) < 4.78 is 13.6. The van der Waals surface area contributed by atoms with Gasteiger partial charge in [-0.05, 0) is 41.3 Å². The molecule has 0 saturated heterocycles. The second-order valence-electron chi connectivity index (χ2n) is 8.83. The van der Waals surface area contributed by atoms with Gasteiger partial charge in [-0.1, -0.05) is 103 Å². The first kappa shape index (κ1) is 24.9. The fourth-order valence-electron chi connectivity index (χ4n) is 4.08. The quantitative estimate of drug-likeness (QED) is 0.331. The van der Waals surface area contributed by atoms with E-state index in [0.29, 0.717) is 12.1 Å². The van der Waals surface area contributed by atoms with Crippen molar-refractivity contribution < 1.29 is 14.0 Å². The SMILES string of the molecule is Cc1ccc(CNC(=O)[C@@H](c2ccccc2)N(Cc2ccc(F)cc2)C(=O)Cc2ccccc2)cc1. The molecule has 0 saturated carbocycles. The molecule has 0 radical (unpaired) electrons. The van der Waals surface area contributed by atoms with E-state index in [4.69, 9.17) is 0 Å². The molecule has 0 aliphatic rings. The fourth-order valence-corrected chi connectivity index (χ4v) is 4.08. The fraction of sp³-hybridized carbons (Fsp3) is 0.161. The molecule has 0 aliphatic carbocycles. The minimum atomic E-state index is -0.849. The number of halogens is 1. The predicted octanol–water partition coefficient (Wildman–Crippen LogP) is 5.76. The second kappa shape index (κ2) is 11.9. The number of hydrogen-bond acceptors (Lipinski definition) is 2. The Hall–Kier alpha value is -4.25. The molecular formula is C31H29FN2O2. The average molecular weight is 481 g/mol. The van der Waals surface area contributed by atoms with Crippen LogP contribution in [0.25, 0.3) is 0 Å². The summed E-state index contributed by atoms with van der Waals surface area (Å²) in [6.07, 6.45) is 0.149. The van der Waals surface area contributed by atoms with Crippen LogP contribution >= 0.6 is 0 Å². The van der Waals surface area contributed by atoms with Gasteiger partial charge in [0, 0.05) is 13.1 Å². The summed E-state index contributed by atoms with van der Waals surface area (Å²) in [6, 6.07) is 31.9. The van der Waals surface area contributed by atoms with Gasteiger partial charge < -0.3 is 10.2 Å². The van der Waals surface area contributed by atoms with Crippen LogP contribution in [-0.2, 0) is 29.1 Å². The standard InChI is InChI=1S/C31H29FN2O2/c1-23-12-14-25(15-13-23)21-33-31(36)30(27-10-6-3-7-11-27)34(22-26-16-18-28(32)19-17-26)29(35)20-24-8-4-2-5-9-24/h2-19,30H,20-22H2,1H3,(H,33,36)/t30-/m1/s1. The highest BCUT2D eigenvalue weighted by molar-refractivity contribution is 5.89. The number of hydrogen-bond donors (Lipinski definition) is 1. The molecule has 0 bridgehead atoms. The van der Waals surface area contributed by atoms with Crippen LogP contribution in [0.1, 0.15) is 33.9 Å². The highest BCUT2D eigenvalue weighted by Gasteiger charge is 2.31. The number of carbonyl (C=O) groups excluding carboxylic acids is 2. The van der Waals surface area contributed by atoms with E-state index in [0.717, 1.165) is 22.3 Å². The van der Waals surface area contributed by atoms with E-state index in [-0.39, 0.29) is 30.6 Å². The summed E-state index contributed by atoms with van der Waals surface area (Å²) in [5.74, 6) is -0.813. The maximum Gasteiger partial charge on any atom is 0.247 e. The molecule has 0 heterocycles. The molecule has 5 heteroatoms. The van der Waals surface area contributed by atoms with Crippen LogP contribution in [0, 0.1) is 12.7 Å². The van der Waals surface area contributed by atoms with E-state index < -0.39 is 6.04 Å². The Morgan fingerprint density at radius 1 is 0.750 bits per heavy atom. The summed E-state index contributed by atoms with van der Waals surface area (Å²) in [5.41, 5.74) is 4.43. The zero-order chi connectivity index (χ0) is 25.3. The molecule has 4 aromatic rings. The van der Waals surface area contributed by atoms with Crippen LogP contribution in [0.2, 0.25) is 0 Å². The van der Waals surface area contributed by atoms with Crippen molar-refractivity contribution in [2.45, 2.75) is 32.5 Å². The van der Waals surface area contributed by atoms with Crippen molar-refractivity contribution in [2.75, 3.05) is 0 Å². The Bertz CT molecular complexity index is 1270. The average Bonchev–Trinajstić information content (AvgIpc) is 2.90. The van der Waals surface area contributed by atoms with Crippen LogP contribution in [0.15, 0.2) is 109 Å². The first-order valence-electron chi connectivity index (χ1n) is 12.0. The van der Waals surface area contributed by atoms with Crippen LogP contribution in [0.5, 0.6) is 0 Å². The Balaban J connectivity index is 1.66. The molecule has 1 atom stereocenters. The third-order valence-corrected chi connectivity index (χ3v) is 6.05. The van der Waals surface area contributed by atoms with E-state index in [1.165, 1.54) is 12.1 Å². The lowest BCUT2D eigenvalue weighted by Crippen LogP contribution is -2.43. The summed E-state index contributed by atoms with van der Waals surface area (Å²) in [6.45, 7) is 2.53. The normalized spacial score (nSPS) is 11.5. The largest absolute Gasteiger partial charge is 0.350 e. The van der Waals surface area contributed by atoms with Gasteiger partial charge in [-0.2, -0.15) is 0 Å². The monoisotopic (exact) mass is 480 g/mol. The molecule has 0 aromatic heterocycles. The number of carbonyl (C=O) groups is 2. The van der Waals surface area contributed by atoms with Gasteiger partial charge in [0.1, 0.15) is 11.9 Å². The van der Waals surface area contributed by atoms with E-state index in [1.54, 1.807) is 17.0 Å². The van der Waals surface area contributed by atoms with Crippen LogP contribution < -0.4 is 5.32 Å². The van der Waals surface area contributed by atoms with Crippen molar-refractivity contribution in [3.63, 3.8) is 0 Å². The van der Waals surface area contributed by atoms with E-state index in [1.807, 2.05) is 91.9 Å². The minimum Gasteiger partial charge on any atom is -0.350 e. The molecule has 182 valence electrons. The molecule has 4 aromatic carbocycles. The van der Waals surface area contributed by atoms with Gasteiger partial charge in [0.2, 0.25) is 11.8 Å². The van der Waals surface area contributed by atoms with Crippen molar-refractivity contribution in [1.82, 2.24) is 10.2 Å². The summed E-state index contributed by atoms with van der Waals surface area (Å²) >= 11 is 0. The van der Waals surface area contributed by atoms with Crippen molar-refractivity contribution in [1.29, 1.82) is 0 Å². The van der Waals surface area contributed by atoms with Gasteiger partial charge in [-0.3, -0.25) is 9.59 Å². The third-order valence-electron chi connectivity index (χ3n) is 6.05. The summed E-state index contributed by atoms with van der Waals surface area (Å²) in [7, 11) is 0. The predicted molar refractivity (Wildman–Crippen MR) is 139 cm³/mol. The summed E-state index contributed by atoms with van der Waals surface area (Å²) in [5, 5.41) is 3.02. The maximum atomic E-state index is 13.7. The first-order valence-corrected chi connectivity index (χ1v) is 12.0. The lowest BCUT2D eigenvalue weighted by molar-refractivity contribution is -0.141. The maximum absolute atomic E-state index is 13.7. The molecular weight excluding hydrogens is 451 g/mol. The highest BCUT2D eigenvalue weighted by atomic mass is 19.1. The van der Waals surface area contributed by atoms with Gasteiger partial charge in [0.25, 0.3) is 0 Å². The van der Waals surface area contributed by atoms with Crippen LogP contribution in [0.4, 0.5) is 4.39 Å². The molecule has 2 amide bonds. The van der Waals surface area contributed by atoms with Crippen molar-refractivity contribution in [2.24, 2.45) is 0 Å². The van der Waals surface area contributed by atoms with E-state index in [9.17, 15) is 14.0 Å². The van der Waals surface area contributed by atoms with Crippen molar-refractivity contribution in [3.8, 4) is 0 Å². The first-order chi connectivity index (χ1) is 17.5. The molecule has 0 fully saturated rings. The van der Waals surface area contributed by atoms with Gasteiger partial charge in [-0.25, -0.2) is 4.39 Å². The topological polar surface area (TPSA) is 49.4 Å². The molecule has 0 unspecified atom stereocenters. The van der Waals surface area contributed by atoms with Crippen LogP contribution in [-0.4, -0.2) is 16.7 Å². The third kappa shape index (κ3) is 6.66. The van der Waals surface area contributed by atoms with Crippen molar-refractivity contribution >= 4 is 11.8 Å². The van der Waals surface area contributed by atoms with Crippen LogP contribution in [0.3, 0.4) is 0 Å². The number of nitrogens with zero attached hydrogens (tertiary/aromatic N) is 1. The Morgan fingerprint density at radius 2 is 1.33 bits per heavy atom. The van der Waals surface area contributed by atoms with Gasteiger partial charge >= 0.3 is 0 Å². The molecule has 0 spiro atoms. The number of nitrogens with one attached hydrogen (secondary N) is 1. The smallest absolute Gasteiger partial charge is 0.247 e. The molecule has 0 aliphatic heterocycles. The van der Waals surface area contributed by atoms with Gasteiger partial charge in [0.05, 0.1) is 6.42 Å². The van der Waals surface area contributed by atoms with Gasteiger partial charge in [0.15, 0.2) is 0 Å². The number of rotatable bonds is 9. The zero-order valence-electron chi connectivity index (χ0n) is 20.2. The highest BCUT2D eigenvalue weighted by Crippen LogP contribution is 2.25. The second-order valence-corrected chi connectivity index (χ2v) is 8.83. The number of aryl methyl sites for hydroxylation is 1.